The topological polar surface area (TPSA) is 38.8 Å². The summed E-state index contributed by atoms with van der Waals surface area (Å²) in [4.78, 5) is 12.2. The maximum Gasteiger partial charge on any atom is 0.261 e. The van der Waals surface area contributed by atoms with Crippen LogP contribution in [0.4, 0.5) is 0 Å². The average Bonchev–Trinajstić information content (AvgIpc) is 3.67. The van der Waals surface area contributed by atoms with Gasteiger partial charge in [-0.25, -0.2) is 0 Å². The summed E-state index contributed by atoms with van der Waals surface area (Å²) in [6.45, 7) is 10.0. The number of hydrogen-bond acceptors (Lipinski definition) is 3. The fourth-order valence-corrected chi connectivity index (χ4v) is 10.1. The maximum absolute atomic E-state index is 12.2. The fraction of sp³-hybridized carbons (Fsp3) is 0.559. The normalized spacial score (nSPS) is 17.7. The van der Waals surface area contributed by atoms with E-state index in [1.165, 1.54) is 48.9 Å². The van der Waals surface area contributed by atoms with Crippen molar-refractivity contribution in [3.63, 3.8) is 0 Å². The minimum absolute atomic E-state index is 0.0261. The molecule has 0 amide bonds. The number of carbonyl (C=O) groups excluding carboxylic acids is 1. The molecule has 38 heavy (non-hydrogen) atoms. The Balaban J connectivity index is 1.35. The van der Waals surface area contributed by atoms with Gasteiger partial charge in [0.05, 0.1) is 6.10 Å². The van der Waals surface area contributed by atoms with Crippen molar-refractivity contribution < 1.29 is 14.0 Å². The second-order valence-electron chi connectivity index (χ2n) is 11.8. The lowest BCUT2D eigenvalue weighted by atomic mass is 10.1. The molecule has 2 atom stereocenters. The molecule has 4 heteroatoms. The number of hydrogen-bond donors (Lipinski definition) is 0. The Morgan fingerprint density at radius 1 is 0.842 bits per heavy atom. The van der Waals surface area contributed by atoms with Gasteiger partial charge in [-0.15, -0.1) is 0 Å². The van der Waals surface area contributed by atoms with Crippen molar-refractivity contribution in [2.45, 2.75) is 116 Å². The van der Waals surface area contributed by atoms with Gasteiger partial charge >= 0.3 is 0 Å². The van der Waals surface area contributed by atoms with E-state index in [0.29, 0.717) is 12.5 Å². The van der Waals surface area contributed by atoms with Gasteiger partial charge < -0.3 is 9.16 Å². The highest BCUT2D eigenvalue weighted by Gasteiger charge is 2.49. The number of unbranched alkanes of at least 4 members (excludes halogenated alkanes) is 7. The summed E-state index contributed by atoms with van der Waals surface area (Å²) >= 11 is 0. The quantitative estimate of drug-likeness (QED) is 0.0849. The van der Waals surface area contributed by atoms with E-state index in [4.69, 9.17) is 9.16 Å². The SMILES string of the molecule is CCCCC[C@@H]1O[C@H]1/C=C/C(=O)CCCCCCCCO[Si](c1ccccc1)(c1ccccc1)C(C)(C)C. The van der Waals surface area contributed by atoms with Crippen LogP contribution in [0.1, 0.15) is 98.3 Å². The lowest BCUT2D eigenvalue weighted by Crippen LogP contribution is -2.66. The predicted octanol–water partition coefficient (Wildman–Crippen LogP) is 7.77. The second kappa shape index (κ2) is 15.5. The number of carbonyl (C=O) groups is 1. The zero-order chi connectivity index (χ0) is 27.3. The first-order chi connectivity index (χ1) is 18.4. The predicted molar refractivity (Wildman–Crippen MR) is 163 cm³/mol. The highest BCUT2D eigenvalue weighted by Crippen LogP contribution is 2.37. The average molecular weight is 535 g/mol. The summed E-state index contributed by atoms with van der Waals surface area (Å²) in [6.07, 6.45) is 16.5. The fourth-order valence-electron chi connectivity index (χ4n) is 5.53. The van der Waals surface area contributed by atoms with E-state index in [1.807, 2.05) is 6.08 Å². The third-order valence-electron chi connectivity index (χ3n) is 7.74. The van der Waals surface area contributed by atoms with Gasteiger partial charge in [-0.05, 0) is 46.8 Å². The first-order valence-electron chi connectivity index (χ1n) is 15.0. The van der Waals surface area contributed by atoms with E-state index in [9.17, 15) is 4.79 Å². The van der Waals surface area contributed by atoms with E-state index in [-0.39, 0.29) is 16.9 Å². The molecule has 3 rings (SSSR count). The summed E-state index contributed by atoms with van der Waals surface area (Å²) in [5.41, 5.74) is 0. The molecule has 2 aromatic rings. The molecule has 0 unspecified atom stereocenters. The standard InChI is InChI=1S/C34H50O3Si/c1-5-6-13-25-32-33(37-32)27-26-29(35)20-14-9-7-8-10-19-28-36-38(34(2,3)4,30-21-15-11-16-22-30)31-23-17-12-18-24-31/h11-12,15-18,21-24,26-27,32-33H,5-10,13-14,19-20,25,28H2,1-4H3/b27-26+/t32-,33-/m0/s1. The van der Waals surface area contributed by atoms with Crippen molar-refractivity contribution in [1.29, 1.82) is 0 Å². The molecule has 0 radical (unpaired) electrons. The Kier molecular flexibility index (Phi) is 12.5. The Morgan fingerprint density at radius 2 is 1.42 bits per heavy atom. The molecule has 1 saturated heterocycles. The summed E-state index contributed by atoms with van der Waals surface area (Å²) in [6, 6.07) is 21.8. The Hall–Kier alpha value is -2.01. The van der Waals surface area contributed by atoms with Gasteiger partial charge in [-0.3, -0.25) is 4.79 Å². The molecule has 3 nitrogen and oxygen atoms in total. The smallest absolute Gasteiger partial charge is 0.261 e. The number of epoxide rings is 1. The molecule has 1 aliphatic rings. The molecule has 1 aliphatic heterocycles. The minimum atomic E-state index is -2.42. The van der Waals surface area contributed by atoms with Gasteiger partial charge in [0.25, 0.3) is 8.32 Å². The lowest BCUT2D eigenvalue weighted by molar-refractivity contribution is -0.114. The van der Waals surface area contributed by atoms with Crippen molar-refractivity contribution in [3.05, 3.63) is 72.8 Å². The largest absolute Gasteiger partial charge is 0.407 e. The monoisotopic (exact) mass is 534 g/mol. The van der Waals surface area contributed by atoms with Crippen molar-refractivity contribution in [3.8, 4) is 0 Å². The van der Waals surface area contributed by atoms with Crippen LogP contribution in [0.2, 0.25) is 5.04 Å². The molecule has 1 fully saturated rings. The number of ketones is 1. The van der Waals surface area contributed by atoms with Crippen LogP contribution in [0.5, 0.6) is 0 Å². The number of benzene rings is 2. The molecule has 0 N–H and O–H groups in total. The number of ether oxygens (including phenoxy) is 1. The third kappa shape index (κ3) is 9.03. The van der Waals surface area contributed by atoms with Gasteiger partial charge in [-0.1, -0.05) is 133 Å². The van der Waals surface area contributed by atoms with Crippen molar-refractivity contribution in [2.24, 2.45) is 0 Å². The third-order valence-corrected chi connectivity index (χ3v) is 12.8. The Morgan fingerprint density at radius 3 is 2.00 bits per heavy atom. The molecule has 0 bridgehead atoms. The van der Waals surface area contributed by atoms with Crippen molar-refractivity contribution in [2.75, 3.05) is 6.61 Å². The van der Waals surface area contributed by atoms with Crippen molar-refractivity contribution in [1.82, 2.24) is 0 Å². The van der Waals surface area contributed by atoms with Gasteiger partial charge in [0.2, 0.25) is 0 Å². The van der Waals surface area contributed by atoms with Gasteiger partial charge in [0.15, 0.2) is 5.78 Å². The van der Waals surface area contributed by atoms with E-state index in [2.05, 4.69) is 88.4 Å². The Labute approximate surface area is 233 Å². The summed E-state index contributed by atoms with van der Waals surface area (Å²) in [7, 11) is -2.42. The molecule has 0 aliphatic carbocycles. The second-order valence-corrected chi connectivity index (χ2v) is 16.1. The van der Waals surface area contributed by atoms with Crippen LogP contribution < -0.4 is 10.4 Å². The summed E-state index contributed by atoms with van der Waals surface area (Å²) in [5, 5.41) is 2.72. The Bertz CT molecular complexity index is 925. The van der Waals surface area contributed by atoms with Crippen LogP contribution in [0.15, 0.2) is 72.8 Å². The zero-order valence-electron chi connectivity index (χ0n) is 24.3. The molecule has 1 heterocycles. The van der Waals surface area contributed by atoms with Gasteiger partial charge in [0, 0.05) is 13.0 Å². The van der Waals surface area contributed by atoms with E-state index >= 15 is 0 Å². The van der Waals surface area contributed by atoms with E-state index in [1.54, 1.807) is 6.08 Å². The molecule has 0 aromatic heterocycles. The first kappa shape index (κ1) is 30.5. The van der Waals surface area contributed by atoms with Gasteiger partial charge in [0.1, 0.15) is 6.10 Å². The highest BCUT2D eigenvalue weighted by atomic mass is 28.4. The molecule has 0 saturated carbocycles. The van der Waals surface area contributed by atoms with Crippen LogP contribution in [0.25, 0.3) is 0 Å². The van der Waals surface area contributed by atoms with Crippen LogP contribution in [0, 0.1) is 0 Å². The van der Waals surface area contributed by atoms with Gasteiger partial charge in [-0.2, -0.15) is 0 Å². The molecule has 2 aromatic carbocycles. The minimum Gasteiger partial charge on any atom is -0.407 e. The van der Waals surface area contributed by atoms with E-state index < -0.39 is 8.32 Å². The number of allylic oxidation sites excluding steroid dienone is 1. The molecular formula is C34H50O3Si. The van der Waals surface area contributed by atoms with Crippen LogP contribution in [0.3, 0.4) is 0 Å². The van der Waals surface area contributed by atoms with Crippen LogP contribution in [-0.4, -0.2) is 32.9 Å². The lowest BCUT2D eigenvalue weighted by Gasteiger charge is -2.43. The van der Waals surface area contributed by atoms with Crippen LogP contribution >= 0.6 is 0 Å². The van der Waals surface area contributed by atoms with Crippen molar-refractivity contribution >= 4 is 24.5 Å². The maximum atomic E-state index is 12.2. The molecular weight excluding hydrogens is 484 g/mol. The van der Waals surface area contributed by atoms with E-state index in [0.717, 1.165) is 32.3 Å². The highest BCUT2D eigenvalue weighted by molar-refractivity contribution is 6.99. The molecule has 0 spiro atoms. The summed E-state index contributed by atoms with van der Waals surface area (Å²) < 4.78 is 12.6. The van der Waals surface area contributed by atoms with Crippen LogP contribution in [-0.2, 0) is 14.0 Å². The number of rotatable bonds is 18. The zero-order valence-corrected chi connectivity index (χ0v) is 25.3. The first-order valence-corrected chi connectivity index (χ1v) is 16.9. The summed E-state index contributed by atoms with van der Waals surface area (Å²) in [5.74, 6) is 0.242. The molecule has 208 valence electrons.